The Hall–Kier alpha value is -1.35. The van der Waals surface area contributed by atoms with Gasteiger partial charge >= 0.3 is 0 Å². The van der Waals surface area contributed by atoms with Crippen LogP contribution in [-0.2, 0) is 16.1 Å². The number of hydrogen-bond donors (Lipinski definition) is 1. The van der Waals surface area contributed by atoms with E-state index in [1.54, 1.807) is 7.11 Å². The molecule has 1 rings (SSSR count). The molecule has 0 aliphatic rings. The molecule has 0 saturated carbocycles. The lowest BCUT2D eigenvalue weighted by Gasteiger charge is -2.07. The lowest BCUT2D eigenvalue weighted by molar-refractivity contribution is -0.116. The Morgan fingerprint density at radius 2 is 1.94 bits per heavy atom. The fourth-order valence-electron chi connectivity index (χ4n) is 1.49. The molecule has 1 aromatic rings. The first-order valence-electron chi connectivity index (χ1n) is 5.99. The molecule has 0 saturated heterocycles. The monoisotopic (exact) mass is 235 g/mol. The number of benzene rings is 1. The number of methoxy groups -OCH3 is 1. The zero-order valence-electron chi connectivity index (χ0n) is 10.8. The van der Waals surface area contributed by atoms with Gasteiger partial charge < -0.3 is 10.1 Å². The average molecular weight is 235 g/mol. The quantitative estimate of drug-likeness (QED) is 0.822. The molecule has 3 heteroatoms. The molecule has 17 heavy (non-hydrogen) atoms. The molecule has 0 aliphatic carbocycles. The number of hydrogen-bond acceptors (Lipinski definition) is 2. The molecule has 0 atom stereocenters. The van der Waals surface area contributed by atoms with E-state index >= 15 is 0 Å². The molecule has 1 N–H and O–H groups in total. The van der Waals surface area contributed by atoms with Gasteiger partial charge in [0.15, 0.2) is 0 Å². The second-order valence-corrected chi connectivity index (χ2v) is 4.61. The zero-order valence-corrected chi connectivity index (χ0v) is 10.8. The molecular formula is C14H21NO2. The van der Waals surface area contributed by atoms with Crippen molar-refractivity contribution in [3.63, 3.8) is 0 Å². The maximum absolute atomic E-state index is 11.6. The first-order valence-corrected chi connectivity index (χ1v) is 5.99. The lowest BCUT2D eigenvalue weighted by Crippen LogP contribution is -2.12. The van der Waals surface area contributed by atoms with E-state index in [0.29, 0.717) is 18.9 Å². The van der Waals surface area contributed by atoms with Gasteiger partial charge in [-0.05, 0) is 30.0 Å². The summed E-state index contributed by atoms with van der Waals surface area (Å²) in [6.45, 7) is 4.83. The molecule has 0 heterocycles. The molecule has 0 aliphatic heterocycles. The van der Waals surface area contributed by atoms with E-state index in [2.05, 4.69) is 19.2 Å². The van der Waals surface area contributed by atoms with Crippen LogP contribution >= 0.6 is 0 Å². The number of nitrogens with one attached hydrogen (secondary N) is 1. The lowest BCUT2D eigenvalue weighted by atomic mass is 10.1. The van der Waals surface area contributed by atoms with Gasteiger partial charge in [0.1, 0.15) is 0 Å². The summed E-state index contributed by atoms with van der Waals surface area (Å²) in [5.74, 6) is 0.642. The first-order chi connectivity index (χ1) is 8.11. The third kappa shape index (κ3) is 5.50. The average Bonchev–Trinajstić information content (AvgIpc) is 2.29. The summed E-state index contributed by atoms with van der Waals surface area (Å²) < 4.78 is 5.03. The third-order valence-electron chi connectivity index (χ3n) is 2.50. The maximum Gasteiger partial charge on any atom is 0.224 e. The minimum absolute atomic E-state index is 0.0817. The van der Waals surface area contributed by atoms with Crippen LogP contribution in [0.25, 0.3) is 0 Å². The highest BCUT2D eigenvalue weighted by atomic mass is 16.5. The van der Waals surface area contributed by atoms with Crippen molar-refractivity contribution in [1.29, 1.82) is 0 Å². The molecular weight excluding hydrogens is 214 g/mol. The maximum atomic E-state index is 11.6. The van der Waals surface area contributed by atoms with Crippen molar-refractivity contribution in [1.82, 2.24) is 0 Å². The minimum atomic E-state index is 0.0817. The smallest absolute Gasteiger partial charge is 0.224 e. The molecule has 0 unspecified atom stereocenters. The van der Waals surface area contributed by atoms with E-state index < -0.39 is 0 Å². The highest BCUT2D eigenvalue weighted by molar-refractivity contribution is 5.90. The van der Waals surface area contributed by atoms with Gasteiger partial charge in [0, 0.05) is 19.2 Å². The highest BCUT2D eigenvalue weighted by Gasteiger charge is 2.03. The number of amides is 1. The fourth-order valence-corrected chi connectivity index (χ4v) is 1.49. The predicted molar refractivity (Wildman–Crippen MR) is 69.9 cm³/mol. The fraction of sp³-hybridized carbons (Fsp3) is 0.500. The van der Waals surface area contributed by atoms with Crippen LogP contribution in [0.3, 0.4) is 0 Å². The van der Waals surface area contributed by atoms with E-state index in [1.165, 1.54) is 0 Å². The van der Waals surface area contributed by atoms with Crippen LogP contribution in [0, 0.1) is 5.92 Å². The van der Waals surface area contributed by atoms with Gasteiger partial charge in [-0.3, -0.25) is 4.79 Å². The molecule has 94 valence electrons. The summed E-state index contributed by atoms with van der Waals surface area (Å²) in [7, 11) is 1.67. The van der Waals surface area contributed by atoms with E-state index in [4.69, 9.17) is 4.74 Å². The van der Waals surface area contributed by atoms with Crippen molar-refractivity contribution < 1.29 is 9.53 Å². The summed E-state index contributed by atoms with van der Waals surface area (Å²) in [6.07, 6.45) is 1.51. The van der Waals surface area contributed by atoms with Crippen molar-refractivity contribution in [2.45, 2.75) is 33.3 Å². The number of rotatable bonds is 6. The highest BCUT2D eigenvalue weighted by Crippen LogP contribution is 2.11. The summed E-state index contributed by atoms with van der Waals surface area (Å²) >= 11 is 0. The summed E-state index contributed by atoms with van der Waals surface area (Å²) in [6, 6.07) is 7.73. The Labute approximate surface area is 103 Å². The van der Waals surface area contributed by atoms with E-state index in [0.717, 1.165) is 17.7 Å². The van der Waals surface area contributed by atoms with Crippen molar-refractivity contribution >= 4 is 11.6 Å². The van der Waals surface area contributed by atoms with Crippen LogP contribution in [0.1, 0.15) is 32.3 Å². The van der Waals surface area contributed by atoms with Crippen molar-refractivity contribution in [3.8, 4) is 0 Å². The van der Waals surface area contributed by atoms with E-state index in [-0.39, 0.29) is 5.91 Å². The molecule has 0 aromatic heterocycles. The number of carbonyl (C=O) groups excluding carboxylic acids is 1. The molecule has 0 bridgehead atoms. The van der Waals surface area contributed by atoms with E-state index in [9.17, 15) is 4.79 Å². The van der Waals surface area contributed by atoms with E-state index in [1.807, 2.05) is 24.3 Å². The van der Waals surface area contributed by atoms with Crippen LogP contribution in [0.15, 0.2) is 24.3 Å². The van der Waals surface area contributed by atoms with Crippen molar-refractivity contribution in [3.05, 3.63) is 29.8 Å². The van der Waals surface area contributed by atoms with Crippen LogP contribution in [0.5, 0.6) is 0 Å². The third-order valence-corrected chi connectivity index (χ3v) is 2.50. The first kappa shape index (κ1) is 13.7. The molecule has 0 spiro atoms. The number of anilines is 1. The van der Waals surface area contributed by atoms with Gasteiger partial charge in [0.2, 0.25) is 5.91 Å². The molecule has 3 nitrogen and oxygen atoms in total. The minimum Gasteiger partial charge on any atom is -0.380 e. The van der Waals surface area contributed by atoms with Gasteiger partial charge in [-0.15, -0.1) is 0 Å². The van der Waals surface area contributed by atoms with Gasteiger partial charge in [-0.1, -0.05) is 26.0 Å². The summed E-state index contributed by atoms with van der Waals surface area (Å²) in [5, 5.41) is 2.89. The van der Waals surface area contributed by atoms with Crippen LogP contribution in [0.2, 0.25) is 0 Å². The standard InChI is InChI=1S/C14H21NO2/c1-11(2)4-9-14(16)15-13-7-5-12(6-8-13)10-17-3/h5-8,11H,4,9-10H2,1-3H3,(H,15,16). The second kappa shape index (κ2) is 7.07. The molecule has 0 radical (unpaired) electrons. The summed E-state index contributed by atoms with van der Waals surface area (Å²) in [4.78, 5) is 11.6. The Balaban J connectivity index is 2.43. The van der Waals surface area contributed by atoms with Gasteiger partial charge in [-0.25, -0.2) is 0 Å². The molecule has 0 fully saturated rings. The number of ether oxygens (including phenoxy) is 1. The van der Waals surface area contributed by atoms with Crippen LogP contribution < -0.4 is 5.32 Å². The Morgan fingerprint density at radius 3 is 2.47 bits per heavy atom. The second-order valence-electron chi connectivity index (χ2n) is 4.61. The predicted octanol–water partition coefficient (Wildman–Crippen LogP) is 3.21. The zero-order chi connectivity index (χ0) is 12.7. The number of carbonyl (C=O) groups is 1. The van der Waals surface area contributed by atoms with Crippen molar-refractivity contribution in [2.24, 2.45) is 5.92 Å². The normalized spacial score (nSPS) is 10.6. The van der Waals surface area contributed by atoms with Crippen LogP contribution in [0.4, 0.5) is 5.69 Å². The van der Waals surface area contributed by atoms with Gasteiger partial charge in [0.25, 0.3) is 0 Å². The Kier molecular flexibility index (Phi) is 5.70. The summed E-state index contributed by atoms with van der Waals surface area (Å²) in [5.41, 5.74) is 1.95. The SMILES string of the molecule is COCc1ccc(NC(=O)CCC(C)C)cc1. The van der Waals surface area contributed by atoms with Gasteiger partial charge in [-0.2, -0.15) is 0 Å². The van der Waals surface area contributed by atoms with Crippen LogP contribution in [-0.4, -0.2) is 13.0 Å². The largest absolute Gasteiger partial charge is 0.380 e. The Bertz CT molecular complexity index is 344. The Morgan fingerprint density at radius 1 is 1.29 bits per heavy atom. The molecule has 1 aromatic carbocycles. The topological polar surface area (TPSA) is 38.3 Å². The van der Waals surface area contributed by atoms with Crippen molar-refractivity contribution in [2.75, 3.05) is 12.4 Å². The van der Waals surface area contributed by atoms with Gasteiger partial charge in [0.05, 0.1) is 6.61 Å². The molecule has 1 amide bonds.